The van der Waals surface area contributed by atoms with Crippen molar-refractivity contribution in [3.05, 3.63) is 23.3 Å². The number of hydrogen-bond acceptors (Lipinski definition) is 1. The Bertz CT molecular complexity index is 571. The van der Waals surface area contributed by atoms with Crippen LogP contribution in [0.4, 0.5) is 0 Å². The summed E-state index contributed by atoms with van der Waals surface area (Å²) in [5.74, 6) is 3.91. The van der Waals surface area contributed by atoms with Gasteiger partial charge < -0.3 is 5.11 Å². The normalized spacial score (nSPS) is 40.2. The summed E-state index contributed by atoms with van der Waals surface area (Å²) in [5.41, 5.74) is 3.73. The fraction of sp³-hybridized carbons (Fsp3) is 0.852. The molecule has 5 unspecified atom stereocenters. The minimum absolute atomic E-state index is 0.127. The van der Waals surface area contributed by atoms with Crippen molar-refractivity contribution < 1.29 is 5.11 Å². The summed E-state index contributed by atoms with van der Waals surface area (Å²) in [5, 5.41) is 10.2. The van der Waals surface area contributed by atoms with Crippen molar-refractivity contribution in [2.75, 3.05) is 0 Å². The van der Waals surface area contributed by atoms with Crippen molar-refractivity contribution in [2.24, 2.45) is 35.0 Å². The summed E-state index contributed by atoms with van der Waals surface area (Å²) in [6, 6.07) is 0. The Hall–Kier alpha value is -0.560. The molecular weight excluding hydrogens is 340 g/mol. The van der Waals surface area contributed by atoms with Crippen LogP contribution in [-0.2, 0) is 0 Å². The highest BCUT2D eigenvalue weighted by Gasteiger charge is 2.50. The van der Waals surface area contributed by atoms with E-state index in [-0.39, 0.29) is 6.10 Å². The molecular formula is C27H46O. The molecule has 1 nitrogen and oxygen atoms in total. The molecule has 0 aromatic heterocycles. The fourth-order valence-electron chi connectivity index (χ4n) is 6.82. The average Bonchev–Trinajstić information content (AvgIpc) is 3.00. The molecule has 6 atom stereocenters. The molecule has 3 saturated carbocycles. The van der Waals surface area contributed by atoms with Gasteiger partial charge in [-0.2, -0.15) is 0 Å². The van der Waals surface area contributed by atoms with Gasteiger partial charge in [0.25, 0.3) is 0 Å². The second-order valence-electron chi connectivity index (χ2n) is 11.3. The van der Waals surface area contributed by atoms with Gasteiger partial charge in [-0.1, -0.05) is 77.2 Å². The number of rotatable bonds is 6. The molecule has 0 aromatic rings. The summed E-state index contributed by atoms with van der Waals surface area (Å²) in [7, 11) is 0. The molecule has 0 spiro atoms. The monoisotopic (exact) mass is 386 g/mol. The van der Waals surface area contributed by atoms with E-state index in [1.54, 1.807) is 5.57 Å². The van der Waals surface area contributed by atoms with Crippen molar-refractivity contribution >= 4 is 0 Å². The van der Waals surface area contributed by atoms with Gasteiger partial charge in [-0.3, -0.25) is 0 Å². The molecule has 0 radical (unpaired) electrons. The standard InChI is InChI=1S/C27H46O/c1-19(2)8-6-9-20(3)24-15-16-25-23(10-7-17-27(24,25)5)14-13-22-12-11-21(4)26(28)18-22/h13-14,19-21,24-26,28H,6-12,15-18H2,1-5H3/b22-13-,23-14+/t20?,21-,24?,25?,26?,27?/m0/s1. The van der Waals surface area contributed by atoms with Crippen molar-refractivity contribution in [2.45, 2.75) is 111 Å². The first-order valence-electron chi connectivity index (χ1n) is 12.4. The summed E-state index contributed by atoms with van der Waals surface area (Å²) in [4.78, 5) is 0. The first kappa shape index (κ1) is 22.1. The number of aliphatic hydroxyl groups is 1. The maximum Gasteiger partial charge on any atom is 0.0603 e. The van der Waals surface area contributed by atoms with Crippen molar-refractivity contribution in [1.29, 1.82) is 0 Å². The van der Waals surface area contributed by atoms with Gasteiger partial charge in [-0.25, -0.2) is 0 Å². The van der Waals surface area contributed by atoms with E-state index in [9.17, 15) is 5.11 Å². The summed E-state index contributed by atoms with van der Waals surface area (Å²) >= 11 is 0. The molecule has 3 aliphatic carbocycles. The smallest absolute Gasteiger partial charge is 0.0603 e. The van der Waals surface area contributed by atoms with Crippen LogP contribution in [0.15, 0.2) is 23.3 Å². The van der Waals surface area contributed by atoms with Crippen LogP contribution in [0, 0.1) is 35.0 Å². The van der Waals surface area contributed by atoms with E-state index in [1.165, 1.54) is 63.4 Å². The minimum atomic E-state index is -0.127. The molecule has 0 amide bonds. The van der Waals surface area contributed by atoms with E-state index in [1.807, 2.05) is 0 Å². The molecule has 3 rings (SSSR count). The first-order chi connectivity index (χ1) is 13.3. The van der Waals surface area contributed by atoms with E-state index in [0.717, 1.165) is 36.5 Å². The van der Waals surface area contributed by atoms with Crippen LogP contribution in [0.5, 0.6) is 0 Å². The van der Waals surface area contributed by atoms with Crippen LogP contribution >= 0.6 is 0 Å². The number of fused-ring (bicyclic) bond motifs is 1. The van der Waals surface area contributed by atoms with E-state index in [4.69, 9.17) is 0 Å². The predicted molar refractivity (Wildman–Crippen MR) is 121 cm³/mol. The van der Waals surface area contributed by atoms with Gasteiger partial charge in [-0.15, -0.1) is 0 Å². The maximum absolute atomic E-state index is 10.2. The van der Waals surface area contributed by atoms with Gasteiger partial charge >= 0.3 is 0 Å². The minimum Gasteiger partial charge on any atom is -0.393 e. The molecule has 0 bridgehead atoms. The van der Waals surface area contributed by atoms with Gasteiger partial charge in [0.1, 0.15) is 0 Å². The van der Waals surface area contributed by atoms with E-state index in [0.29, 0.717) is 11.3 Å². The van der Waals surface area contributed by atoms with E-state index >= 15 is 0 Å². The topological polar surface area (TPSA) is 20.2 Å². The number of aliphatic hydroxyl groups excluding tert-OH is 1. The SMILES string of the molecule is CC(C)CCCC(C)C1CCC2/C(=C/C=C3/CC[C@H](C)C(O)C3)CCCC21C. The van der Waals surface area contributed by atoms with Gasteiger partial charge in [0.2, 0.25) is 0 Å². The lowest BCUT2D eigenvalue weighted by Crippen LogP contribution is -2.36. The maximum atomic E-state index is 10.2. The largest absolute Gasteiger partial charge is 0.393 e. The van der Waals surface area contributed by atoms with Gasteiger partial charge in [0, 0.05) is 0 Å². The van der Waals surface area contributed by atoms with E-state index < -0.39 is 0 Å². The lowest BCUT2D eigenvalue weighted by atomic mass is 9.60. The van der Waals surface area contributed by atoms with Crippen molar-refractivity contribution in [1.82, 2.24) is 0 Å². The lowest BCUT2D eigenvalue weighted by molar-refractivity contribution is 0.0927. The van der Waals surface area contributed by atoms with Crippen LogP contribution in [-0.4, -0.2) is 11.2 Å². The summed E-state index contributed by atoms with van der Waals surface area (Å²) < 4.78 is 0. The molecule has 0 aromatic carbocycles. The lowest BCUT2D eigenvalue weighted by Gasteiger charge is -2.44. The molecule has 0 heterocycles. The molecule has 28 heavy (non-hydrogen) atoms. The summed E-state index contributed by atoms with van der Waals surface area (Å²) in [6.07, 6.45) is 19.2. The third kappa shape index (κ3) is 4.94. The zero-order valence-corrected chi connectivity index (χ0v) is 19.3. The second-order valence-corrected chi connectivity index (χ2v) is 11.3. The van der Waals surface area contributed by atoms with Crippen molar-refractivity contribution in [3.63, 3.8) is 0 Å². The molecule has 1 heteroatoms. The Balaban J connectivity index is 1.66. The van der Waals surface area contributed by atoms with Crippen LogP contribution in [0.2, 0.25) is 0 Å². The Kier molecular flexibility index (Phi) is 7.51. The van der Waals surface area contributed by atoms with Crippen LogP contribution in [0.1, 0.15) is 105 Å². The Morgan fingerprint density at radius 1 is 1.07 bits per heavy atom. The summed E-state index contributed by atoms with van der Waals surface area (Å²) in [6.45, 7) is 12.1. The van der Waals surface area contributed by atoms with Crippen LogP contribution < -0.4 is 0 Å². The Morgan fingerprint density at radius 3 is 2.57 bits per heavy atom. The van der Waals surface area contributed by atoms with Gasteiger partial charge in [0.15, 0.2) is 0 Å². The number of allylic oxidation sites excluding steroid dienone is 3. The quantitative estimate of drug-likeness (QED) is 0.496. The zero-order valence-electron chi connectivity index (χ0n) is 19.3. The highest BCUT2D eigenvalue weighted by Crippen LogP contribution is 2.59. The molecule has 3 aliphatic rings. The molecule has 160 valence electrons. The fourth-order valence-corrected chi connectivity index (χ4v) is 6.82. The van der Waals surface area contributed by atoms with Crippen LogP contribution in [0.3, 0.4) is 0 Å². The van der Waals surface area contributed by atoms with E-state index in [2.05, 4.69) is 46.8 Å². The third-order valence-electron chi connectivity index (χ3n) is 8.75. The third-order valence-corrected chi connectivity index (χ3v) is 8.75. The average molecular weight is 387 g/mol. The second kappa shape index (κ2) is 9.50. The molecule has 1 N–H and O–H groups in total. The van der Waals surface area contributed by atoms with Gasteiger partial charge in [-0.05, 0) is 86.4 Å². The Morgan fingerprint density at radius 2 is 1.86 bits per heavy atom. The number of hydrogen-bond donors (Lipinski definition) is 1. The van der Waals surface area contributed by atoms with Crippen LogP contribution in [0.25, 0.3) is 0 Å². The Labute approximate surface area is 175 Å². The molecule has 0 aliphatic heterocycles. The highest BCUT2D eigenvalue weighted by atomic mass is 16.3. The van der Waals surface area contributed by atoms with Crippen molar-refractivity contribution in [3.8, 4) is 0 Å². The first-order valence-corrected chi connectivity index (χ1v) is 12.4. The predicted octanol–water partition coefficient (Wildman–Crippen LogP) is 7.70. The van der Waals surface area contributed by atoms with Gasteiger partial charge in [0.05, 0.1) is 6.10 Å². The zero-order chi connectivity index (χ0) is 20.3. The molecule has 0 saturated heterocycles. The highest BCUT2D eigenvalue weighted by molar-refractivity contribution is 5.26. The molecule has 3 fully saturated rings.